The third-order valence-electron chi connectivity index (χ3n) is 6.25. The fraction of sp³-hybridized carbons (Fsp3) is 0.296. The largest absolute Gasteiger partial charge is 0.454 e. The molecule has 9 nitrogen and oxygen atoms in total. The Hall–Kier alpha value is -4.41. The van der Waals surface area contributed by atoms with Crippen LogP contribution in [0.1, 0.15) is 49.2 Å². The molecular weight excluding hydrogens is 496 g/mol. The molecule has 38 heavy (non-hydrogen) atoms. The summed E-state index contributed by atoms with van der Waals surface area (Å²) in [5.41, 5.74) is 7.67. The number of aromatic nitrogens is 3. The van der Waals surface area contributed by atoms with Gasteiger partial charge in [-0.15, -0.1) is 0 Å². The summed E-state index contributed by atoms with van der Waals surface area (Å²) in [5, 5.41) is 3.06. The predicted molar refractivity (Wildman–Crippen MR) is 135 cm³/mol. The van der Waals surface area contributed by atoms with Crippen molar-refractivity contribution in [1.82, 2.24) is 19.5 Å². The Morgan fingerprint density at radius 2 is 1.87 bits per heavy atom. The molecule has 2 aromatic heterocycles. The number of nitrogens with zero attached hydrogens (tertiary/aromatic N) is 3. The molecule has 2 amide bonds. The van der Waals surface area contributed by atoms with E-state index in [1.807, 2.05) is 20.8 Å². The Kier molecular flexibility index (Phi) is 6.29. The monoisotopic (exact) mass is 523 g/mol. The summed E-state index contributed by atoms with van der Waals surface area (Å²) in [4.78, 5) is 31.3. The molecular formula is C27H27F2N5O4. The van der Waals surface area contributed by atoms with Crippen LogP contribution in [0.2, 0.25) is 0 Å². The summed E-state index contributed by atoms with van der Waals surface area (Å²) < 4.78 is 39.7. The number of imidazole rings is 1. The van der Waals surface area contributed by atoms with Crippen LogP contribution in [0.15, 0.2) is 48.7 Å². The van der Waals surface area contributed by atoms with Crippen molar-refractivity contribution in [3.05, 3.63) is 71.6 Å². The van der Waals surface area contributed by atoms with E-state index in [4.69, 9.17) is 20.2 Å². The van der Waals surface area contributed by atoms with E-state index < -0.39 is 23.1 Å². The number of amides is 2. The average molecular weight is 524 g/mol. The topological polar surface area (TPSA) is 115 Å². The molecule has 2 aromatic carbocycles. The molecule has 0 saturated carbocycles. The van der Waals surface area contributed by atoms with Crippen LogP contribution in [0.5, 0.6) is 11.5 Å². The van der Waals surface area contributed by atoms with E-state index in [0.29, 0.717) is 42.2 Å². The maximum absolute atomic E-state index is 14.0. The number of fused-ring (bicyclic) bond motifs is 1. The van der Waals surface area contributed by atoms with Crippen LogP contribution in [-0.4, -0.2) is 50.2 Å². The molecule has 1 aliphatic heterocycles. The molecule has 198 valence electrons. The Labute approximate surface area is 217 Å². The SMILES string of the molecule is CC(C)(C)OC(=O)N1CCC(c2c[nH]n3c(C(N)=O)c(-c4ccc(Oc5ccc(F)cc5F)cc4)nc23)C1. The second kappa shape index (κ2) is 9.47. The highest BCUT2D eigenvalue weighted by molar-refractivity contribution is 5.98. The Bertz CT molecular complexity index is 1520. The highest BCUT2D eigenvalue weighted by Gasteiger charge is 2.33. The van der Waals surface area contributed by atoms with Crippen LogP contribution in [-0.2, 0) is 4.74 Å². The van der Waals surface area contributed by atoms with Crippen molar-refractivity contribution in [2.24, 2.45) is 5.73 Å². The second-order valence-corrected chi connectivity index (χ2v) is 10.2. The van der Waals surface area contributed by atoms with Crippen molar-refractivity contribution >= 4 is 17.6 Å². The van der Waals surface area contributed by atoms with Gasteiger partial charge in [-0.2, -0.15) is 0 Å². The lowest BCUT2D eigenvalue weighted by Crippen LogP contribution is -2.35. The highest BCUT2D eigenvalue weighted by Crippen LogP contribution is 2.34. The smallest absolute Gasteiger partial charge is 0.410 e. The van der Waals surface area contributed by atoms with Crippen LogP contribution < -0.4 is 10.5 Å². The van der Waals surface area contributed by atoms with Gasteiger partial charge in [-0.1, -0.05) is 0 Å². The first-order valence-corrected chi connectivity index (χ1v) is 12.1. The van der Waals surface area contributed by atoms with E-state index in [1.165, 1.54) is 6.07 Å². The van der Waals surface area contributed by atoms with Gasteiger partial charge in [-0.3, -0.25) is 9.89 Å². The number of carbonyl (C=O) groups excluding carboxylic acids is 2. The number of halogens is 2. The zero-order chi connectivity index (χ0) is 27.2. The number of aromatic amines is 1. The van der Waals surface area contributed by atoms with Gasteiger partial charge < -0.3 is 20.1 Å². The summed E-state index contributed by atoms with van der Waals surface area (Å²) in [5.74, 6) is -2.00. The standard InChI is InChI=1S/C27H27F2N5O4/c1-27(2,3)38-26(36)33-11-10-16(14-33)19-13-31-34-23(24(30)35)22(32-25(19)34)15-4-7-18(8-5-15)37-21-9-6-17(28)12-20(21)29/h4-9,12-13,16,31H,10-11,14H2,1-3H3,(H2,30,35). The predicted octanol–water partition coefficient (Wildman–Crippen LogP) is 5.22. The highest BCUT2D eigenvalue weighted by atomic mass is 19.1. The minimum Gasteiger partial charge on any atom is -0.454 e. The fourth-order valence-electron chi connectivity index (χ4n) is 4.54. The van der Waals surface area contributed by atoms with Crippen molar-refractivity contribution in [3.8, 4) is 22.8 Å². The first kappa shape index (κ1) is 25.2. The van der Waals surface area contributed by atoms with Crippen molar-refractivity contribution < 1.29 is 27.8 Å². The minimum absolute atomic E-state index is 0.00590. The molecule has 3 heterocycles. The Morgan fingerprint density at radius 1 is 1.13 bits per heavy atom. The van der Waals surface area contributed by atoms with Crippen molar-refractivity contribution in [3.63, 3.8) is 0 Å². The lowest BCUT2D eigenvalue weighted by Gasteiger charge is -2.24. The van der Waals surface area contributed by atoms with Gasteiger partial charge in [-0.05, 0) is 63.6 Å². The van der Waals surface area contributed by atoms with Gasteiger partial charge in [0.1, 0.15) is 22.9 Å². The number of hydrogen-bond acceptors (Lipinski definition) is 5. The number of carbonyl (C=O) groups is 2. The van der Waals surface area contributed by atoms with Gasteiger partial charge in [0.25, 0.3) is 5.91 Å². The van der Waals surface area contributed by atoms with Gasteiger partial charge in [0.05, 0.1) is 0 Å². The van der Waals surface area contributed by atoms with Crippen LogP contribution in [0, 0.1) is 11.6 Å². The molecule has 1 fully saturated rings. The van der Waals surface area contributed by atoms with Gasteiger partial charge in [0, 0.05) is 42.4 Å². The molecule has 4 aromatic rings. The van der Waals surface area contributed by atoms with Gasteiger partial charge in [0.15, 0.2) is 22.9 Å². The Morgan fingerprint density at radius 3 is 2.53 bits per heavy atom. The van der Waals surface area contributed by atoms with E-state index >= 15 is 0 Å². The second-order valence-electron chi connectivity index (χ2n) is 10.2. The maximum Gasteiger partial charge on any atom is 0.410 e. The van der Waals surface area contributed by atoms with Crippen LogP contribution >= 0.6 is 0 Å². The number of nitrogens with two attached hydrogens (primary N) is 1. The lowest BCUT2D eigenvalue weighted by molar-refractivity contribution is 0.0292. The zero-order valence-electron chi connectivity index (χ0n) is 21.1. The van der Waals surface area contributed by atoms with Crippen molar-refractivity contribution in [2.45, 2.75) is 38.7 Å². The summed E-state index contributed by atoms with van der Waals surface area (Å²) in [6.07, 6.45) is 2.12. The molecule has 5 rings (SSSR count). The molecule has 0 aliphatic carbocycles. The molecule has 1 aliphatic rings. The minimum atomic E-state index is -0.821. The van der Waals surface area contributed by atoms with E-state index in [-0.39, 0.29) is 23.5 Å². The number of H-pyrrole nitrogens is 1. The summed E-state index contributed by atoms with van der Waals surface area (Å²) >= 11 is 0. The number of nitrogens with one attached hydrogen (secondary N) is 1. The van der Waals surface area contributed by atoms with Gasteiger partial charge >= 0.3 is 6.09 Å². The molecule has 1 atom stereocenters. The normalized spacial score (nSPS) is 15.7. The summed E-state index contributed by atoms with van der Waals surface area (Å²) in [7, 11) is 0. The van der Waals surface area contributed by atoms with Gasteiger partial charge in [0.2, 0.25) is 0 Å². The summed E-state index contributed by atoms with van der Waals surface area (Å²) in [6, 6.07) is 9.57. The fourth-order valence-corrected chi connectivity index (χ4v) is 4.54. The molecule has 3 N–H and O–H groups in total. The third-order valence-corrected chi connectivity index (χ3v) is 6.25. The van der Waals surface area contributed by atoms with E-state index in [1.54, 1.807) is 39.9 Å². The number of benzene rings is 2. The zero-order valence-corrected chi connectivity index (χ0v) is 21.1. The molecule has 1 saturated heterocycles. The first-order valence-electron chi connectivity index (χ1n) is 12.1. The number of likely N-dealkylation sites (tertiary alicyclic amines) is 1. The Balaban J connectivity index is 1.41. The number of ether oxygens (including phenoxy) is 2. The molecule has 0 bridgehead atoms. The molecule has 11 heteroatoms. The van der Waals surface area contributed by atoms with Crippen molar-refractivity contribution in [2.75, 3.05) is 13.1 Å². The van der Waals surface area contributed by atoms with Crippen LogP contribution in [0.3, 0.4) is 0 Å². The van der Waals surface area contributed by atoms with Crippen LogP contribution in [0.25, 0.3) is 16.9 Å². The molecule has 1 unspecified atom stereocenters. The van der Waals surface area contributed by atoms with Crippen LogP contribution in [0.4, 0.5) is 13.6 Å². The quantitative estimate of drug-likeness (QED) is 0.372. The first-order chi connectivity index (χ1) is 18.0. The average Bonchev–Trinajstić information content (AvgIpc) is 3.55. The van der Waals surface area contributed by atoms with E-state index in [2.05, 4.69) is 5.10 Å². The van der Waals surface area contributed by atoms with E-state index in [9.17, 15) is 18.4 Å². The lowest BCUT2D eigenvalue weighted by atomic mass is 10.0. The third kappa shape index (κ3) is 4.91. The van der Waals surface area contributed by atoms with Gasteiger partial charge in [-0.25, -0.2) is 23.1 Å². The number of hydrogen-bond donors (Lipinski definition) is 2. The molecule has 0 radical (unpaired) electrons. The number of rotatable bonds is 5. The molecule has 0 spiro atoms. The van der Waals surface area contributed by atoms with Crippen molar-refractivity contribution in [1.29, 1.82) is 0 Å². The summed E-state index contributed by atoms with van der Waals surface area (Å²) in [6.45, 7) is 6.48. The van der Waals surface area contributed by atoms with E-state index in [0.717, 1.165) is 17.7 Å². The number of primary amides is 1. The maximum atomic E-state index is 14.0.